The minimum atomic E-state index is -0.411. The van der Waals surface area contributed by atoms with Crippen LogP contribution in [0.1, 0.15) is 22.3 Å². The van der Waals surface area contributed by atoms with Crippen LogP contribution in [0.5, 0.6) is 11.5 Å². The Morgan fingerprint density at radius 3 is 1.67 bits per heavy atom. The third-order valence-electron chi connectivity index (χ3n) is 5.78. The molecule has 4 aromatic carbocycles. The van der Waals surface area contributed by atoms with Gasteiger partial charge in [-0.3, -0.25) is 0 Å². The van der Waals surface area contributed by atoms with Crippen molar-refractivity contribution in [3.05, 3.63) is 131 Å². The second kappa shape index (κ2) is 8.08. The fraction of sp³-hybridized carbons (Fsp3) is 0.143. The van der Waals surface area contributed by atoms with Crippen LogP contribution in [0.15, 0.2) is 109 Å². The molecule has 0 N–H and O–H groups in total. The van der Waals surface area contributed by atoms with E-state index in [-0.39, 0.29) is 0 Å². The van der Waals surface area contributed by atoms with Crippen molar-refractivity contribution >= 4 is 0 Å². The van der Waals surface area contributed by atoms with Gasteiger partial charge in [-0.25, -0.2) is 0 Å². The molecule has 2 nitrogen and oxygen atoms in total. The smallest absolute Gasteiger partial charge is 0.163 e. The summed E-state index contributed by atoms with van der Waals surface area (Å²) in [4.78, 5) is 0. The van der Waals surface area contributed by atoms with Crippen molar-refractivity contribution in [3.8, 4) is 11.5 Å². The standard InChI is InChI=1S/C20H16O.C8H8O/c1-3-10-17(11-4-1)20(18-12-5-2-6-13-18)15-16-9-7-8-14-19(16)21-20;1-2-4-8-7(3-1)5-6-9-8/h1-14H,15H2;1-4H,5-6H2. The second-order valence-electron chi connectivity index (χ2n) is 7.65. The summed E-state index contributed by atoms with van der Waals surface area (Å²) in [5.74, 6) is 2.06. The number of hydrogen-bond donors (Lipinski definition) is 0. The first kappa shape index (κ1) is 18.5. The first-order chi connectivity index (χ1) is 14.9. The van der Waals surface area contributed by atoms with Crippen molar-refractivity contribution in [2.75, 3.05) is 6.61 Å². The van der Waals surface area contributed by atoms with Gasteiger partial charge in [-0.15, -0.1) is 0 Å². The highest BCUT2D eigenvalue weighted by Crippen LogP contribution is 2.45. The summed E-state index contributed by atoms with van der Waals surface area (Å²) >= 11 is 0. The summed E-state index contributed by atoms with van der Waals surface area (Å²) in [5, 5.41) is 0. The zero-order valence-electron chi connectivity index (χ0n) is 16.8. The Kier molecular flexibility index (Phi) is 4.98. The Hall–Kier alpha value is -3.52. The molecule has 0 unspecified atom stereocenters. The Bertz CT molecular complexity index is 1030. The van der Waals surface area contributed by atoms with Crippen molar-refractivity contribution in [2.24, 2.45) is 0 Å². The summed E-state index contributed by atoms with van der Waals surface area (Å²) in [6.07, 6.45) is 1.95. The fourth-order valence-corrected chi connectivity index (χ4v) is 4.27. The molecule has 0 fully saturated rings. The van der Waals surface area contributed by atoms with Crippen LogP contribution in [-0.4, -0.2) is 6.61 Å². The van der Waals surface area contributed by atoms with Crippen molar-refractivity contribution in [1.82, 2.24) is 0 Å². The van der Waals surface area contributed by atoms with E-state index in [1.165, 1.54) is 22.3 Å². The molecule has 6 rings (SSSR count). The molecular formula is C28H24O2. The maximum atomic E-state index is 6.47. The number of benzene rings is 4. The highest BCUT2D eigenvalue weighted by molar-refractivity contribution is 5.48. The summed E-state index contributed by atoms with van der Waals surface area (Å²) in [7, 11) is 0. The van der Waals surface area contributed by atoms with Crippen LogP contribution in [0.25, 0.3) is 0 Å². The topological polar surface area (TPSA) is 18.5 Å². The highest BCUT2D eigenvalue weighted by Gasteiger charge is 2.42. The van der Waals surface area contributed by atoms with Crippen molar-refractivity contribution in [2.45, 2.75) is 18.4 Å². The molecule has 0 aromatic heterocycles. The van der Waals surface area contributed by atoms with E-state index in [2.05, 4.69) is 72.8 Å². The molecule has 0 aliphatic carbocycles. The molecule has 0 saturated carbocycles. The van der Waals surface area contributed by atoms with Gasteiger partial charge in [0, 0.05) is 24.0 Å². The number of ether oxygens (including phenoxy) is 2. The van der Waals surface area contributed by atoms with Gasteiger partial charge in [0.15, 0.2) is 5.60 Å². The minimum Gasteiger partial charge on any atom is -0.493 e. The van der Waals surface area contributed by atoms with E-state index in [1.807, 2.05) is 36.4 Å². The predicted octanol–water partition coefficient (Wildman–Crippen LogP) is 6.19. The quantitative estimate of drug-likeness (QED) is 0.405. The highest BCUT2D eigenvalue weighted by atomic mass is 16.5. The third kappa shape index (κ3) is 3.46. The van der Waals surface area contributed by atoms with E-state index in [4.69, 9.17) is 9.47 Å². The molecule has 2 aliphatic rings. The molecule has 4 aromatic rings. The first-order valence-corrected chi connectivity index (χ1v) is 10.4. The molecular weight excluding hydrogens is 368 g/mol. The molecule has 0 amide bonds. The van der Waals surface area contributed by atoms with Gasteiger partial charge in [0.05, 0.1) is 6.61 Å². The zero-order chi connectivity index (χ0) is 20.2. The lowest BCUT2D eigenvalue weighted by molar-refractivity contribution is 0.140. The van der Waals surface area contributed by atoms with Gasteiger partial charge >= 0.3 is 0 Å². The van der Waals surface area contributed by atoms with Crippen LogP contribution >= 0.6 is 0 Å². The lowest BCUT2D eigenvalue weighted by Crippen LogP contribution is -2.32. The van der Waals surface area contributed by atoms with Crippen LogP contribution in [-0.2, 0) is 18.4 Å². The van der Waals surface area contributed by atoms with Crippen LogP contribution in [0.4, 0.5) is 0 Å². The van der Waals surface area contributed by atoms with Crippen molar-refractivity contribution in [3.63, 3.8) is 0 Å². The number of fused-ring (bicyclic) bond motifs is 2. The average Bonchev–Trinajstić information content (AvgIpc) is 3.46. The van der Waals surface area contributed by atoms with Gasteiger partial charge < -0.3 is 9.47 Å². The van der Waals surface area contributed by atoms with E-state index in [0.717, 1.165) is 30.9 Å². The maximum absolute atomic E-state index is 6.47. The fourth-order valence-electron chi connectivity index (χ4n) is 4.27. The van der Waals surface area contributed by atoms with Crippen LogP contribution in [0.2, 0.25) is 0 Å². The van der Waals surface area contributed by atoms with E-state index in [1.54, 1.807) is 0 Å². The lowest BCUT2D eigenvalue weighted by Gasteiger charge is -2.30. The van der Waals surface area contributed by atoms with E-state index in [0.29, 0.717) is 0 Å². The second-order valence-corrected chi connectivity index (χ2v) is 7.65. The van der Waals surface area contributed by atoms with Gasteiger partial charge in [0.1, 0.15) is 11.5 Å². The summed E-state index contributed by atoms with van der Waals surface area (Å²) in [6, 6.07) is 37.5. The Balaban J connectivity index is 0.000000178. The largest absolute Gasteiger partial charge is 0.493 e. The molecule has 0 saturated heterocycles. The van der Waals surface area contributed by atoms with Crippen LogP contribution in [0, 0.1) is 0 Å². The summed E-state index contributed by atoms with van der Waals surface area (Å²) in [5.41, 5.74) is 4.61. The zero-order valence-corrected chi connectivity index (χ0v) is 16.8. The Labute approximate surface area is 177 Å². The van der Waals surface area contributed by atoms with Gasteiger partial charge in [0.2, 0.25) is 0 Å². The monoisotopic (exact) mass is 392 g/mol. The van der Waals surface area contributed by atoms with Gasteiger partial charge in [-0.2, -0.15) is 0 Å². The van der Waals surface area contributed by atoms with E-state index in [9.17, 15) is 0 Å². The maximum Gasteiger partial charge on any atom is 0.163 e. The molecule has 0 radical (unpaired) electrons. The summed E-state index contributed by atoms with van der Waals surface area (Å²) in [6.45, 7) is 0.860. The van der Waals surface area contributed by atoms with Gasteiger partial charge in [0.25, 0.3) is 0 Å². The molecule has 30 heavy (non-hydrogen) atoms. The number of hydrogen-bond acceptors (Lipinski definition) is 2. The van der Waals surface area contributed by atoms with Crippen molar-refractivity contribution in [1.29, 1.82) is 0 Å². The third-order valence-corrected chi connectivity index (χ3v) is 5.78. The first-order valence-electron chi connectivity index (χ1n) is 10.4. The van der Waals surface area contributed by atoms with Crippen LogP contribution < -0.4 is 9.47 Å². The SMILES string of the molecule is c1ccc(C2(c3ccccc3)Cc3ccccc3O2)cc1.c1ccc2c(c1)CCO2. The number of para-hydroxylation sites is 2. The Morgan fingerprint density at radius 2 is 1.07 bits per heavy atom. The molecule has 2 aliphatic heterocycles. The molecule has 0 atom stereocenters. The van der Waals surface area contributed by atoms with E-state index >= 15 is 0 Å². The molecule has 148 valence electrons. The van der Waals surface area contributed by atoms with Crippen molar-refractivity contribution < 1.29 is 9.47 Å². The average molecular weight is 392 g/mol. The number of rotatable bonds is 2. The Morgan fingerprint density at radius 1 is 0.533 bits per heavy atom. The minimum absolute atomic E-state index is 0.411. The molecule has 0 bridgehead atoms. The molecule has 2 heterocycles. The van der Waals surface area contributed by atoms with Gasteiger partial charge in [-0.05, 0) is 23.3 Å². The lowest BCUT2D eigenvalue weighted by atomic mass is 9.83. The van der Waals surface area contributed by atoms with Gasteiger partial charge in [-0.1, -0.05) is 97.1 Å². The molecule has 0 spiro atoms. The van der Waals surface area contributed by atoms with Crippen LogP contribution in [0.3, 0.4) is 0 Å². The molecule has 2 heteroatoms. The summed E-state index contributed by atoms with van der Waals surface area (Å²) < 4.78 is 11.8. The predicted molar refractivity (Wildman–Crippen MR) is 120 cm³/mol. The normalized spacial score (nSPS) is 15.1. The van der Waals surface area contributed by atoms with E-state index < -0.39 is 5.60 Å².